The molecule has 1 aliphatic carbocycles. The number of nitrogens with one attached hydrogen (secondary N) is 1. The first-order chi connectivity index (χ1) is 22.6. The van der Waals surface area contributed by atoms with Crippen molar-refractivity contribution in [3.05, 3.63) is 54.4 Å². The Morgan fingerprint density at radius 1 is 0.939 bits per heavy atom. The van der Waals surface area contributed by atoms with Crippen molar-refractivity contribution >= 4 is 28.7 Å². The van der Waals surface area contributed by atoms with Crippen LogP contribution in [0.2, 0.25) is 0 Å². The number of ether oxygens (including phenoxy) is 1. The fraction of sp³-hybridized carbons (Fsp3) is 0.393. The van der Waals surface area contributed by atoms with Crippen LogP contribution < -0.4 is 10.1 Å². The van der Waals surface area contributed by atoms with Crippen molar-refractivity contribution in [2.24, 2.45) is 7.05 Å². The maximum Gasteiger partial charge on any atom is 0.490 e. The number of carbonyl (C=O) groups is 2. The van der Waals surface area contributed by atoms with Gasteiger partial charge in [0.05, 0.1) is 16.8 Å². The van der Waals surface area contributed by atoms with Crippen LogP contribution >= 0.6 is 0 Å². The fourth-order valence-corrected chi connectivity index (χ4v) is 4.67. The average Bonchev–Trinajstić information content (AvgIpc) is 3.60. The second-order valence-electron chi connectivity index (χ2n) is 10.3. The van der Waals surface area contributed by atoms with Gasteiger partial charge < -0.3 is 24.8 Å². The quantitative estimate of drug-likeness (QED) is 0.189. The van der Waals surface area contributed by atoms with Gasteiger partial charge in [-0.3, -0.25) is 4.68 Å². The second-order valence-corrected chi connectivity index (χ2v) is 10.3. The van der Waals surface area contributed by atoms with Crippen LogP contribution in [-0.2, 0) is 22.8 Å². The van der Waals surface area contributed by atoms with E-state index in [0.29, 0.717) is 31.7 Å². The molecule has 1 saturated carbocycles. The van der Waals surface area contributed by atoms with Gasteiger partial charge in [-0.1, -0.05) is 0 Å². The van der Waals surface area contributed by atoms with E-state index in [-0.39, 0.29) is 6.04 Å². The van der Waals surface area contributed by atoms with Gasteiger partial charge in [0.15, 0.2) is 5.82 Å². The molecule has 0 aliphatic heterocycles. The molecule has 11 nitrogen and oxygen atoms in total. The third kappa shape index (κ3) is 9.95. The van der Waals surface area contributed by atoms with Gasteiger partial charge in [-0.15, -0.1) is 0 Å². The molecule has 0 atom stereocenters. The zero-order chi connectivity index (χ0) is 36.9. The van der Waals surface area contributed by atoms with Crippen molar-refractivity contribution in [2.75, 3.05) is 12.4 Å². The molecule has 0 bridgehead atoms. The van der Waals surface area contributed by atoms with E-state index in [9.17, 15) is 43.9 Å². The fourth-order valence-electron chi connectivity index (χ4n) is 4.67. The summed E-state index contributed by atoms with van der Waals surface area (Å²) in [6.07, 6.45) is -6.11. The maximum atomic E-state index is 14.3. The van der Waals surface area contributed by atoms with Crippen LogP contribution in [0.3, 0.4) is 0 Å². The summed E-state index contributed by atoms with van der Waals surface area (Å²) in [6.45, 7) is 0. The van der Waals surface area contributed by atoms with Crippen LogP contribution in [0.1, 0.15) is 37.3 Å². The van der Waals surface area contributed by atoms with Crippen LogP contribution in [0.25, 0.3) is 22.2 Å². The van der Waals surface area contributed by atoms with Crippen molar-refractivity contribution < 1.29 is 68.4 Å². The molecule has 4 heterocycles. The van der Waals surface area contributed by atoms with E-state index in [1.54, 1.807) is 4.68 Å². The molecule has 21 heteroatoms. The molecule has 0 radical (unpaired) electrons. The first-order valence-corrected chi connectivity index (χ1v) is 13.8. The topological polar surface area (TPSA) is 144 Å². The number of halogens is 10. The molecular weight excluding hydrogens is 690 g/mol. The molecule has 5 rings (SSSR count). The minimum atomic E-state index is -5.08. The molecule has 1 aliphatic rings. The molecule has 4 aromatic heterocycles. The molecule has 4 aromatic rings. The Labute approximate surface area is 269 Å². The largest absolute Gasteiger partial charge is 0.490 e. The van der Waals surface area contributed by atoms with Gasteiger partial charge in [-0.25, -0.2) is 23.9 Å². The van der Waals surface area contributed by atoms with Crippen molar-refractivity contribution in [1.29, 1.82) is 0 Å². The van der Waals surface area contributed by atoms with Crippen LogP contribution in [0.4, 0.5) is 49.7 Å². The molecule has 0 saturated heterocycles. The molecule has 1 fully saturated rings. The summed E-state index contributed by atoms with van der Waals surface area (Å²) >= 11 is 0. The Bertz CT molecular complexity index is 1740. The summed E-state index contributed by atoms with van der Waals surface area (Å²) in [6, 6.07) is 4.70. The highest BCUT2D eigenvalue weighted by Crippen LogP contribution is 2.39. The number of hydrogen-bond acceptors (Lipinski definition) is 7. The van der Waals surface area contributed by atoms with Crippen LogP contribution in [0.5, 0.6) is 5.88 Å². The number of carboxylic acids is 2. The summed E-state index contributed by atoms with van der Waals surface area (Å²) in [5.74, 6) is -6.84. The third-order valence-electron chi connectivity index (χ3n) is 6.93. The average molecular weight is 717 g/mol. The normalized spacial score (nSPS) is 16.6. The highest BCUT2D eigenvalue weighted by molar-refractivity contribution is 5.95. The van der Waals surface area contributed by atoms with Crippen molar-refractivity contribution in [3.8, 4) is 17.1 Å². The van der Waals surface area contributed by atoms with Crippen molar-refractivity contribution in [3.63, 3.8) is 0 Å². The van der Waals surface area contributed by atoms with Gasteiger partial charge in [0, 0.05) is 61.9 Å². The number of anilines is 1. The molecule has 0 spiro atoms. The summed E-state index contributed by atoms with van der Waals surface area (Å²) in [7, 11) is 3.67. The van der Waals surface area contributed by atoms with Gasteiger partial charge in [-0.05, 0) is 37.8 Å². The van der Waals surface area contributed by atoms with E-state index in [1.165, 1.54) is 0 Å². The minimum Gasteiger partial charge on any atom is -0.475 e. The summed E-state index contributed by atoms with van der Waals surface area (Å²) in [5.41, 5.74) is 1.47. The summed E-state index contributed by atoms with van der Waals surface area (Å²) < 4.78 is 126. The van der Waals surface area contributed by atoms with Gasteiger partial charge in [0.2, 0.25) is 0 Å². The number of fused-ring (bicyclic) bond motifs is 1. The molecule has 3 N–H and O–H groups in total. The Morgan fingerprint density at radius 3 is 1.98 bits per heavy atom. The van der Waals surface area contributed by atoms with Gasteiger partial charge in [0.25, 0.3) is 5.88 Å². The Balaban J connectivity index is 0.000000392. The lowest BCUT2D eigenvalue weighted by atomic mass is 9.92. The SMILES string of the molecule is CNc1cc2c(cn1)c(-c1ccn(C)n1)cn2C1CCC(Oc2nccc(C(F)(F)F)c2F)CC1.O=C(O)C(F)(F)F.O=C(O)C(F)(F)F. The molecule has 0 aromatic carbocycles. The third-order valence-corrected chi connectivity index (χ3v) is 6.93. The zero-order valence-electron chi connectivity index (χ0n) is 25.2. The molecular formula is C28H26F10N6O5. The molecule has 0 unspecified atom stereocenters. The number of aromatic nitrogens is 5. The number of aryl methyl sites for hydroxylation is 1. The molecule has 0 amide bonds. The van der Waals surface area contributed by atoms with E-state index < -0.39 is 53.8 Å². The van der Waals surface area contributed by atoms with Crippen molar-refractivity contribution in [1.82, 2.24) is 24.3 Å². The number of aliphatic carboxylic acids is 2. The predicted octanol–water partition coefficient (Wildman–Crippen LogP) is 6.86. The second kappa shape index (κ2) is 15.0. The first kappa shape index (κ1) is 38.3. The number of pyridine rings is 2. The number of rotatable bonds is 5. The van der Waals surface area contributed by atoms with Gasteiger partial charge in [-0.2, -0.15) is 44.6 Å². The highest BCUT2D eigenvalue weighted by Gasteiger charge is 2.39. The number of alkyl halides is 9. The van der Waals surface area contributed by atoms with Crippen molar-refractivity contribution in [2.45, 2.75) is 56.4 Å². The van der Waals surface area contributed by atoms with Crippen LogP contribution in [0.15, 0.2) is 43.0 Å². The standard InChI is InChI=1S/C24H24F4N6O.2C2HF3O2/c1-29-21-11-20-16(12-31-21)17(19-8-10-33(2)32-19)13-34(20)14-3-5-15(6-4-14)35-23-22(25)18(7-9-30-23)24(26,27)28;2*3-2(4,5)1(6)7/h7-15H,3-6H2,1-2H3,(H,29,31);2*(H,6,7). The van der Waals surface area contributed by atoms with Crippen LogP contribution in [-0.4, -0.2) is 72.0 Å². The number of hydrogen-bond donors (Lipinski definition) is 3. The van der Waals surface area contributed by atoms with E-state index >= 15 is 0 Å². The Kier molecular flexibility index (Phi) is 11.7. The lowest BCUT2D eigenvalue weighted by Gasteiger charge is -2.30. The Hall–Kier alpha value is -5.11. The first-order valence-electron chi connectivity index (χ1n) is 13.8. The lowest BCUT2D eigenvalue weighted by molar-refractivity contribution is -0.193. The highest BCUT2D eigenvalue weighted by atomic mass is 19.4. The van der Waals surface area contributed by atoms with Crippen LogP contribution in [0, 0.1) is 5.82 Å². The smallest absolute Gasteiger partial charge is 0.475 e. The van der Waals surface area contributed by atoms with E-state index in [2.05, 4.69) is 31.1 Å². The maximum absolute atomic E-state index is 14.3. The van der Waals surface area contributed by atoms with Gasteiger partial charge in [0.1, 0.15) is 11.9 Å². The lowest BCUT2D eigenvalue weighted by Crippen LogP contribution is -2.26. The monoisotopic (exact) mass is 716 g/mol. The van der Waals surface area contributed by atoms with E-state index in [0.717, 1.165) is 34.2 Å². The summed E-state index contributed by atoms with van der Waals surface area (Å²) in [5, 5.41) is 22.8. The number of nitrogens with zero attached hydrogens (tertiary/aromatic N) is 5. The minimum absolute atomic E-state index is 0.140. The number of carboxylic acid groups (broad SMARTS) is 2. The zero-order valence-corrected chi connectivity index (χ0v) is 25.2. The molecule has 268 valence electrons. The predicted molar refractivity (Wildman–Crippen MR) is 150 cm³/mol. The van der Waals surface area contributed by atoms with E-state index in [1.807, 2.05) is 38.6 Å². The van der Waals surface area contributed by atoms with E-state index in [4.69, 9.17) is 24.5 Å². The van der Waals surface area contributed by atoms with Gasteiger partial charge >= 0.3 is 30.5 Å². The summed E-state index contributed by atoms with van der Waals surface area (Å²) in [4.78, 5) is 26.0. The molecule has 49 heavy (non-hydrogen) atoms. The Morgan fingerprint density at radius 2 is 1.51 bits per heavy atom.